The maximum atomic E-state index is 13.2. The summed E-state index contributed by atoms with van der Waals surface area (Å²) < 4.78 is 43.8. The molecule has 1 fully saturated rings. The second-order valence-electron chi connectivity index (χ2n) is 8.49. The number of para-hydroxylation sites is 1. The highest BCUT2D eigenvalue weighted by Crippen LogP contribution is 2.29. The van der Waals surface area contributed by atoms with E-state index >= 15 is 0 Å². The number of rotatable bonds is 7. The summed E-state index contributed by atoms with van der Waals surface area (Å²) in [5.74, 6) is -0.326. The molecule has 0 bridgehead atoms. The molecule has 0 amide bonds. The molecule has 3 aromatic carbocycles. The van der Waals surface area contributed by atoms with E-state index in [1.807, 2.05) is 48.5 Å². The molecule has 37 heavy (non-hydrogen) atoms. The zero-order chi connectivity index (χ0) is 25.8. The Balaban J connectivity index is 1.34. The third kappa shape index (κ3) is 5.20. The van der Waals surface area contributed by atoms with Gasteiger partial charge in [-0.3, -0.25) is 0 Å². The molecule has 1 saturated heterocycles. The minimum absolute atomic E-state index is 0.00773. The number of fused-ring (bicyclic) bond motifs is 3. The Morgan fingerprint density at radius 3 is 2.46 bits per heavy atom. The normalized spacial score (nSPS) is 14.8. The molecule has 0 aliphatic carbocycles. The molecule has 0 radical (unpaired) electrons. The number of carbonyl (C=O) groups is 1. The number of ether oxygens (including phenoxy) is 3. The van der Waals surface area contributed by atoms with Gasteiger partial charge < -0.3 is 14.2 Å². The number of hydrogen-bond acceptors (Lipinski definition) is 7. The Bertz CT molecular complexity index is 1590. The van der Waals surface area contributed by atoms with Crippen LogP contribution in [0.1, 0.15) is 11.3 Å². The number of nitrogens with zero attached hydrogens (tertiary/aromatic N) is 2. The van der Waals surface area contributed by atoms with Gasteiger partial charge in [-0.15, -0.1) is 0 Å². The SMILES string of the molecule is COc1ccc(C=CC(=O)OCc2nc3ccccc3c3ccccc23)cc1S(=O)(=O)N1CCOCC1. The quantitative estimate of drug-likeness (QED) is 0.206. The summed E-state index contributed by atoms with van der Waals surface area (Å²) >= 11 is 0. The van der Waals surface area contributed by atoms with Crippen molar-refractivity contribution in [1.29, 1.82) is 0 Å². The first-order valence-electron chi connectivity index (χ1n) is 11.8. The fourth-order valence-corrected chi connectivity index (χ4v) is 5.96. The van der Waals surface area contributed by atoms with E-state index in [9.17, 15) is 13.2 Å². The van der Waals surface area contributed by atoms with Gasteiger partial charge in [0.15, 0.2) is 0 Å². The van der Waals surface area contributed by atoms with Crippen LogP contribution in [0.15, 0.2) is 77.7 Å². The largest absolute Gasteiger partial charge is 0.495 e. The average Bonchev–Trinajstić information content (AvgIpc) is 2.95. The van der Waals surface area contributed by atoms with E-state index < -0.39 is 16.0 Å². The first-order chi connectivity index (χ1) is 18.0. The average molecular weight is 519 g/mol. The number of hydrogen-bond donors (Lipinski definition) is 0. The van der Waals surface area contributed by atoms with E-state index in [0.717, 1.165) is 21.7 Å². The van der Waals surface area contributed by atoms with Crippen LogP contribution in [0.4, 0.5) is 0 Å². The minimum atomic E-state index is -3.78. The molecule has 9 heteroatoms. The minimum Gasteiger partial charge on any atom is -0.495 e. The zero-order valence-electron chi connectivity index (χ0n) is 20.3. The van der Waals surface area contributed by atoms with E-state index in [1.165, 1.54) is 29.6 Å². The number of carbonyl (C=O) groups excluding carboxylic acids is 1. The number of methoxy groups -OCH3 is 1. The van der Waals surface area contributed by atoms with Crippen molar-refractivity contribution in [3.63, 3.8) is 0 Å². The first kappa shape index (κ1) is 24.9. The lowest BCUT2D eigenvalue weighted by atomic mass is 10.0. The molecule has 5 rings (SSSR count). The van der Waals surface area contributed by atoms with Crippen LogP contribution >= 0.6 is 0 Å². The third-order valence-corrected chi connectivity index (χ3v) is 8.15. The predicted molar refractivity (Wildman–Crippen MR) is 141 cm³/mol. The topological polar surface area (TPSA) is 95.0 Å². The summed E-state index contributed by atoms with van der Waals surface area (Å²) in [6.45, 7) is 1.24. The Hall–Kier alpha value is -3.79. The lowest BCUT2D eigenvalue weighted by molar-refractivity contribution is -0.138. The van der Waals surface area contributed by atoms with Gasteiger partial charge in [-0.25, -0.2) is 18.2 Å². The zero-order valence-corrected chi connectivity index (χ0v) is 21.1. The maximum absolute atomic E-state index is 13.2. The summed E-state index contributed by atoms with van der Waals surface area (Å²) in [6.07, 6.45) is 2.79. The lowest BCUT2D eigenvalue weighted by Gasteiger charge is -2.26. The molecular formula is C28H26N2O6S. The Kier molecular flexibility index (Phi) is 7.18. The van der Waals surface area contributed by atoms with Crippen molar-refractivity contribution in [3.8, 4) is 5.75 Å². The highest BCUT2D eigenvalue weighted by molar-refractivity contribution is 7.89. The number of aromatic nitrogens is 1. The van der Waals surface area contributed by atoms with Crippen molar-refractivity contribution in [1.82, 2.24) is 9.29 Å². The number of sulfonamides is 1. The lowest BCUT2D eigenvalue weighted by Crippen LogP contribution is -2.40. The van der Waals surface area contributed by atoms with Crippen molar-refractivity contribution in [3.05, 3.63) is 84.1 Å². The number of benzene rings is 3. The summed E-state index contributed by atoms with van der Waals surface area (Å²) in [7, 11) is -2.36. The Morgan fingerprint density at radius 2 is 1.70 bits per heavy atom. The molecule has 1 aliphatic heterocycles. The van der Waals surface area contributed by atoms with Crippen LogP contribution in [-0.4, -0.2) is 57.1 Å². The molecule has 1 aromatic heterocycles. The van der Waals surface area contributed by atoms with Gasteiger partial charge in [0.1, 0.15) is 17.3 Å². The highest BCUT2D eigenvalue weighted by Gasteiger charge is 2.29. The number of esters is 1. The van der Waals surface area contributed by atoms with Crippen LogP contribution in [0.3, 0.4) is 0 Å². The standard InChI is InChI=1S/C28H26N2O6S/c1-34-26-12-10-20(18-27(26)37(32,33)30-14-16-35-17-15-30)11-13-28(31)36-19-25-23-8-3-2-6-21(23)22-7-4-5-9-24(22)29-25/h2-13,18H,14-17,19H2,1H3. The van der Waals surface area contributed by atoms with Crippen LogP contribution in [0.5, 0.6) is 5.75 Å². The Morgan fingerprint density at radius 1 is 1.00 bits per heavy atom. The van der Waals surface area contributed by atoms with Crippen LogP contribution in [0.25, 0.3) is 27.8 Å². The highest BCUT2D eigenvalue weighted by atomic mass is 32.2. The van der Waals surface area contributed by atoms with Crippen molar-refractivity contribution < 1.29 is 27.4 Å². The molecule has 0 atom stereocenters. The molecular weight excluding hydrogens is 492 g/mol. The van der Waals surface area contributed by atoms with Crippen molar-refractivity contribution in [2.75, 3.05) is 33.4 Å². The third-order valence-electron chi connectivity index (χ3n) is 6.23. The summed E-state index contributed by atoms with van der Waals surface area (Å²) in [4.78, 5) is 17.3. The van der Waals surface area contributed by atoms with Crippen LogP contribution in [0.2, 0.25) is 0 Å². The molecule has 190 valence electrons. The van der Waals surface area contributed by atoms with Crippen LogP contribution in [-0.2, 0) is 30.9 Å². The molecule has 0 spiro atoms. The fraction of sp³-hybridized carbons (Fsp3) is 0.214. The summed E-state index contributed by atoms with van der Waals surface area (Å²) in [5.41, 5.74) is 2.02. The summed E-state index contributed by atoms with van der Waals surface area (Å²) in [5, 5.41) is 3.00. The molecule has 0 saturated carbocycles. The molecule has 4 aromatic rings. The van der Waals surface area contributed by atoms with E-state index in [-0.39, 0.29) is 30.3 Å². The van der Waals surface area contributed by atoms with E-state index in [0.29, 0.717) is 24.5 Å². The molecule has 0 N–H and O–H groups in total. The van der Waals surface area contributed by atoms with Gasteiger partial charge in [-0.2, -0.15) is 4.31 Å². The molecule has 1 aliphatic rings. The van der Waals surface area contributed by atoms with Crippen LogP contribution < -0.4 is 4.74 Å². The van der Waals surface area contributed by atoms with Crippen molar-refractivity contribution in [2.24, 2.45) is 0 Å². The fourth-order valence-electron chi connectivity index (χ4n) is 4.36. The van der Waals surface area contributed by atoms with Gasteiger partial charge in [-0.05, 0) is 35.2 Å². The van der Waals surface area contributed by atoms with Gasteiger partial charge in [-0.1, -0.05) is 48.5 Å². The van der Waals surface area contributed by atoms with E-state index in [1.54, 1.807) is 12.1 Å². The smallest absolute Gasteiger partial charge is 0.331 e. The van der Waals surface area contributed by atoms with Gasteiger partial charge in [0.25, 0.3) is 0 Å². The first-order valence-corrected chi connectivity index (χ1v) is 13.3. The van der Waals surface area contributed by atoms with Crippen molar-refractivity contribution in [2.45, 2.75) is 11.5 Å². The van der Waals surface area contributed by atoms with Gasteiger partial charge in [0.05, 0.1) is 31.5 Å². The van der Waals surface area contributed by atoms with Gasteiger partial charge in [0.2, 0.25) is 10.0 Å². The predicted octanol–water partition coefficient (Wildman–Crippen LogP) is 4.17. The van der Waals surface area contributed by atoms with Crippen LogP contribution in [0, 0.1) is 0 Å². The second-order valence-corrected chi connectivity index (χ2v) is 10.4. The van der Waals surface area contributed by atoms with Crippen molar-refractivity contribution >= 4 is 43.7 Å². The second kappa shape index (κ2) is 10.7. The monoisotopic (exact) mass is 518 g/mol. The molecule has 2 heterocycles. The summed E-state index contributed by atoms with van der Waals surface area (Å²) in [6, 6.07) is 20.5. The Labute approximate surface area is 215 Å². The van der Waals surface area contributed by atoms with E-state index in [4.69, 9.17) is 19.2 Å². The van der Waals surface area contributed by atoms with Gasteiger partial charge in [0, 0.05) is 29.9 Å². The van der Waals surface area contributed by atoms with E-state index in [2.05, 4.69) is 0 Å². The van der Waals surface area contributed by atoms with Gasteiger partial charge >= 0.3 is 5.97 Å². The maximum Gasteiger partial charge on any atom is 0.331 e. The number of morpholine rings is 1. The molecule has 8 nitrogen and oxygen atoms in total. The number of pyridine rings is 1. The molecule has 0 unspecified atom stereocenters.